The maximum atomic E-state index is 12.4. The number of hydrogen-bond acceptors (Lipinski definition) is 4. The van der Waals surface area contributed by atoms with Crippen molar-refractivity contribution < 1.29 is 24.6 Å². The van der Waals surface area contributed by atoms with E-state index in [2.05, 4.69) is 31.9 Å². The summed E-state index contributed by atoms with van der Waals surface area (Å²) in [6, 6.07) is 1.66. The molecule has 21 heavy (non-hydrogen) atoms. The van der Waals surface area contributed by atoms with Gasteiger partial charge in [0.1, 0.15) is 0 Å². The van der Waals surface area contributed by atoms with Gasteiger partial charge in [0.05, 0.1) is 25.0 Å². The fourth-order valence-corrected chi connectivity index (χ4v) is 5.12. The Kier molecular flexibility index (Phi) is 5.05. The molecule has 1 aliphatic rings. The zero-order valence-corrected chi connectivity index (χ0v) is 14.6. The van der Waals surface area contributed by atoms with Crippen molar-refractivity contribution in [3.63, 3.8) is 0 Å². The van der Waals surface area contributed by atoms with Crippen LogP contribution in [0.1, 0.15) is 16.8 Å². The second-order valence-electron chi connectivity index (χ2n) is 4.67. The number of aliphatic carboxylic acids is 2. The largest absolute Gasteiger partial charge is 0.481 e. The number of carbonyl (C=O) groups excluding carboxylic acids is 1. The van der Waals surface area contributed by atoms with E-state index in [1.807, 2.05) is 0 Å². The third kappa shape index (κ3) is 3.46. The third-order valence-electron chi connectivity index (χ3n) is 3.42. The van der Waals surface area contributed by atoms with Crippen molar-refractivity contribution in [2.45, 2.75) is 6.42 Å². The lowest BCUT2D eigenvalue weighted by atomic mass is 9.85. The molecule has 2 atom stereocenters. The number of carbonyl (C=O) groups is 3. The zero-order valence-electron chi connectivity index (χ0n) is 10.6. The summed E-state index contributed by atoms with van der Waals surface area (Å²) in [4.78, 5) is 36.1. The van der Waals surface area contributed by atoms with Crippen molar-refractivity contribution in [2.75, 3.05) is 13.1 Å². The molecule has 0 bridgehead atoms. The molecule has 0 aliphatic carbocycles. The average molecular weight is 441 g/mol. The van der Waals surface area contributed by atoms with Crippen LogP contribution in [0.25, 0.3) is 0 Å². The van der Waals surface area contributed by atoms with Crippen molar-refractivity contribution in [3.8, 4) is 0 Å². The first-order valence-electron chi connectivity index (χ1n) is 6.01. The summed E-state index contributed by atoms with van der Waals surface area (Å²) in [5, 5.41) is 18.2. The number of amides is 1. The second kappa shape index (κ2) is 6.45. The molecule has 2 heterocycles. The summed E-state index contributed by atoms with van der Waals surface area (Å²) in [7, 11) is 0. The van der Waals surface area contributed by atoms with E-state index < -0.39 is 23.8 Å². The van der Waals surface area contributed by atoms with Gasteiger partial charge in [0.15, 0.2) is 0 Å². The van der Waals surface area contributed by atoms with Gasteiger partial charge in [0.2, 0.25) is 0 Å². The molecule has 0 spiro atoms. The molecular formula is C12H11Br2NO5S. The minimum Gasteiger partial charge on any atom is -0.481 e. The van der Waals surface area contributed by atoms with Gasteiger partial charge in [-0.05, 0) is 44.3 Å². The van der Waals surface area contributed by atoms with Gasteiger partial charge in [-0.15, -0.1) is 11.3 Å². The molecule has 1 saturated heterocycles. The van der Waals surface area contributed by atoms with Gasteiger partial charge in [-0.1, -0.05) is 0 Å². The van der Waals surface area contributed by atoms with Gasteiger partial charge >= 0.3 is 11.9 Å². The molecule has 114 valence electrons. The van der Waals surface area contributed by atoms with E-state index >= 15 is 0 Å². The monoisotopic (exact) mass is 439 g/mol. The summed E-state index contributed by atoms with van der Waals surface area (Å²) in [6.07, 6.45) is 0.140. The smallest absolute Gasteiger partial charge is 0.309 e. The van der Waals surface area contributed by atoms with Crippen LogP contribution in [0.3, 0.4) is 0 Å². The molecule has 1 amide bonds. The van der Waals surface area contributed by atoms with E-state index in [4.69, 9.17) is 5.11 Å². The van der Waals surface area contributed by atoms with Gasteiger partial charge in [0, 0.05) is 13.1 Å². The van der Waals surface area contributed by atoms with Crippen LogP contribution in [-0.2, 0) is 9.59 Å². The van der Waals surface area contributed by atoms with Crippen molar-refractivity contribution >= 4 is 61.0 Å². The summed E-state index contributed by atoms with van der Waals surface area (Å²) in [5.74, 6) is -4.65. The number of nitrogens with zero attached hydrogens (tertiary/aromatic N) is 1. The quantitative estimate of drug-likeness (QED) is 0.752. The molecule has 2 rings (SSSR count). The highest BCUT2D eigenvalue weighted by atomic mass is 79.9. The maximum Gasteiger partial charge on any atom is 0.309 e. The Labute approximate surface area is 141 Å². The van der Waals surface area contributed by atoms with Gasteiger partial charge < -0.3 is 15.1 Å². The van der Waals surface area contributed by atoms with E-state index in [1.165, 1.54) is 16.2 Å². The Hall–Kier alpha value is -0.930. The van der Waals surface area contributed by atoms with Crippen LogP contribution < -0.4 is 0 Å². The predicted molar refractivity (Wildman–Crippen MR) is 82.5 cm³/mol. The predicted octanol–water partition coefficient (Wildman–Crippen LogP) is 2.52. The molecule has 1 aliphatic heterocycles. The molecule has 0 radical (unpaired) electrons. The summed E-state index contributed by atoms with van der Waals surface area (Å²) in [5.41, 5.74) is 0.449. The number of piperidine rings is 1. The Balaban J connectivity index is 2.19. The topological polar surface area (TPSA) is 94.9 Å². The summed E-state index contributed by atoms with van der Waals surface area (Å²) in [6.45, 7) is 0.143. The zero-order chi connectivity index (χ0) is 15.7. The molecule has 1 aromatic rings. The van der Waals surface area contributed by atoms with E-state index in [0.717, 1.165) is 3.79 Å². The van der Waals surface area contributed by atoms with Gasteiger partial charge in [-0.2, -0.15) is 0 Å². The van der Waals surface area contributed by atoms with E-state index in [9.17, 15) is 19.5 Å². The second-order valence-corrected chi connectivity index (χ2v) is 8.42. The molecular weight excluding hydrogens is 430 g/mol. The van der Waals surface area contributed by atoms with Crippen molar-refractivity contribution in [2.24, 2.45) is 11.8 Å². The molecule has 6 nitrogen and oxygen atoms in total. The minimum atomic E-state index is -1.19. The number of thiophene rings is 1. The van der Waals surface area contributed by atoms with Crippen LogP contribution in [-0.4, -0.2) is 46.0 Å². The molecule has 0 aromatic carbocycles. The summed E-state index contributed by atoms with van der Waals surface area (Å²) >= 11 is 7.93. The Morgan fingerprint density at radius 1 is 1.19 bits per heavy atom. The lowest BCUT2D eigenvalue weighted by Gasteiger charge is -2.34. The molecule has 2 N–H and O–H groups in total. The highest BCUT2D eigenvalue weighted by Crippen LogP contribution is 2.34. The Morgan fingerprint density at radius 2 is 1.81 bits per heavy atom. The Morgan fingerprint density at radius 3 is 2.29 bits per heavy atom. The highest BCUT2D eigenvalue weighted by Gasteiger charge is 2.40. The third-order valence-corrected chi connectivity index (χ3v) is 5.76. The molecule has 1 aromatic heterocycles. The van der Waals surface area contributed by atoms with Crippen LogP contribution in [0.5, 0.6) is 0 Å². The minimum absolute atomic E-state index is 0.0922. The lowest BCUT2D eigenvalue weighted by Crippen LogP contribution is -2.48. The lowest BCUT2D eigenvalue weighted by molar-refractivity contribution is -0.156. The van der Waals surface area contributed by atoms with Gasteiger partial charge in [-0.25, -0.2) is 0 Å². The fraction of sp³-hybridized carbons (Fsp3) is 0.417. The number of carboxylic acid groups (broad SMARTS) is 2. The highest BCUT2D eigenvalue weighted by molar-refractivity contribution is 9.12. The first-order valence-corrected chi connectivity index (χ1v) is 8.41. The van der Waals surface area contributed by atoms with Gasteiger partial charge in [-0.3, -0.25) is 14.4 Å². The molecule has 2 unspecified atom stereocenters. The van der Waals surface area contributed by atoms with Gasteiger partial charge in [0.25, 0.3) is 5.91 Å². The number of hydrogen-bond donors (Lipinski definition) is 2. The van der Waals surface area contributed by atoms with Crippen molar-refractivity contribution in [1.29, 1.82) is 0 Å². The number of likely N-dealkylation sites (tertiary alicyclic amines) is 1. The van der Waals surface area contributed by atoms with Crippen molar-refractivity contribution in [1.82, 2.24) is 4.90 Å². The standard InChI is InChI=1S/C12H11Br2NO5S/c13-8-3-6(9(14)21-8)10(16)15-2-1-5(11(17)18)7(4-15)12(19)20/h3,5,7H,1-2,4H2,(H,17,18)(H,19,20). The van der Waals surface area contributed by atoms with Crippen LogP contribution in [0, 0.1) is 11.8 Å². The van der Waals surface area contributed by atoms with Crippen LogP contribution in [0.4, 0.5) is 0 Å². The van der Waals surface area contributed by atoms with E-state index in [1.54, 1.807) is 6.07 Å². The fourth-order valence-electron chi connectivity index (χ4n) is 2.34. The normalized spacial score (nSPS) is 22.1. The van der Waals surface area contributed by atoms with Crippen LogP contribution in [0.15, 0.2) is 13.6 Å². The number of rotatable bonds is 3. The number of carboxylic acids is 2. The molecule has 0 saturated carbocycles. The maximum absolute atomic E-state index is 12.4. The number of halogens is 2. The molecule has 1 fully saturated rings. The van der Waals surface area contributed by atoms with E-state index in [-0.39, 0.29) is 25.4 Å². The van der Waals surface area contributed by atoms with Crippen LogP contribution in [0.2, 0.25) is 0 Å². The Bertz CT molecular complexity index is 602. The van der Waals surface area contributed by atoms with Crippen LogP contribution >= 0.6 is 43.2 Å². The first kappa shape index (κ1) is 16.4. The van der Waals surface area contributed by atoms with Crippen molar-refractivity contribution in [3.05, 3.63) is 19.2 Å². The first-order chi connectivity index (χ1) is 9.81. The SMILES string of the molecule is O=C(O)C1CCN(C(=O)c2cc(Br)sc2Br)CC1C(=O)O. The van der Waals surface area contributed by atoms with E-state index in [0.29, 0.717) is 9.35 Å². The summed E-state index contributed by atoms with van der Waals surface area (Å²) < 4.78 is 1.44. The average Bonchev–Trinajstić information content (AvgIpc) is 2.76. The molecule has 9 heteroatoms.